The first-order valence-corrected chi connectivity index (χ1v) is 10.7. The van der Waals surface area contributed by atoms with Crippen LogP contribution < -0.4 is 5.32 Å². The third-order valence-electron chi connectivity index (χ3n) is 5.04. The van der Waals surface area contributed by atoms with Crippen LogP contribution in [0.1, 0.15) is 42.1 Å². The molecule has 1 N–H and O–H groups in total. The number of carbonyl (C=O) groups is 1. The van der Waals surface area contributed by atoms with E-state index in [1.807, 2.05) is 37.4 Å². The van der Waals surface area contributed by atoms with Crippen molar-refractivity contribution in [3.8, 4) is 22.1 Å². The standard InChI is InChI=1S/C22H23N5O2S/c1-4-14(2)25-21(28)17-10-20(27(15(17)3)12-16-6-5-9-29-16)19-13-30-22(26-19)18-11-23-7-8-24-18/h5-11,13-14H,4,12H2,1-3H3,(H,25,28). The maximum absolute atomic E-state index is 12.9. The first-order chi connectivity index (χ1) is 14.6. The molecule has 154 valence electrons. The van der Waals surface area contributed by atoms with E-state index < -0.39 is 0 Å². The molecule has 1 amide bonds. The smallest absolute Gasteiger partial charge is 0.253 e. The van der Waals surface area contributed by atoms with Crippen molar-refractivity contribution in [2.45, 2.75) is 39.8 Å². The summed E-state index contributed by atoms with van der Waals surface area (Å²) in [5, 5.41) is 5.82. The van der Waals surface area contributed by atoms with Gasteiger partial charge in [0.25, 0.3) is 5.91 Å². The molecule has 0 spiro atoms. The molecule has 0 aliphatic rings. The summed E-state index contributed by atoms with van der Waals surface area (Å²) in [5.41, 5.74) is 3.90. The molecule has 30 heavy (non-hydrogen) atoms. The van der Waals surface area contributed by atoms with Crippen molar-refractivity contribution in [3.05, 3.63) is 65.5 Å². The van der Waals surface area contributed by atoms with Gasteiger partial charge in [0.05, 0.1) is 36.0 Å². The second-order valence-electron chi connectivity index (χ2n) is 7.11. The van der Waals surface area contributed by atoms with E-state index in [9.17, 15) is 4.79 Å². The van der Waals surface area contributed by atoms with Gasteiger partial charge in [0.1, 0.15) is 16.5 Å². The topological polar surface area (TPSA) is 85.8 Å². The first-order valence-electron chi connectivity index (χ1n) is 9.82. The van der Waals surface area contributed by atoms with Gasteiger partial charge in [0.2, 0.25) is 0 Å². The number of furan rings is 1. The summed E-state index contributed by atoms with van der Waals surface area (Å²) in [5.74, 6) is 0.735. The summed E-state index contributed by atoms with van der Waals surface area (Å²) in [7, 11) is 0. The van der Waals surface area contributed by atoms with E-state index in [0.717, 1.165) is 40.0 Å². The van der Waals surface area contributed by atoms with Crippen molar-refractivity contribution in [2.75, 3.05) is 0 Å². The maximum Gasteiger partial charge on any atom is 0.253 e. The molecule has 0 aliphatic heterocycles. The Labute approximate surface area is 178 Å². The third kappa shape index (κ3) is 4.04. The Bertz CT molecular complexity index is 1130. The number of rotatable bonds is 7. The van der Waals surface area contributed by atoms with Crippen LogP contribution in [0.3, 0.4) is 0 Å². The van der Waals surface area contributed by atoms with Crippen LogP contribution in [0.25, 0.3) is 22.1 Å². The molecule has 0 fully saturated rings. The van der Waals surface area contributed by atoms with E-state index in [1.165, 1.54) is 11.3 Å². The van der Waals surface area contributed by atoms with E-state index >= 15 is 0 Å². The molecule has 0 aliphatic carbocycles. The number of aromatic nitrogens is 4. The monoisotopic (exact) mass is 421 g/mol. The van der Waals surface area contributed by atoms with E-state index in [4.69, 9.17) is 9.40 Å². The summed E-state index contributed by atoms with van der Waals surface area (Å²) >= 11 is 1.50. The molecular formula is C22H23N5O2S. The molecule has 0 saturated carbocycles. The second-order valence-corrected chi connectivity index (χ2v) is 7.96. The average Bonchev–Trinajstić information content (AvgIpc) is 3.50. The highest BCUT2D eigenvalue weighted by Crippen LogP contribution is 2.31. The molecule has 4 heterocycles. The van der Waals surface area contributed by atoms with Crippen LogP contribution in [0, 0.1) is 6.92 Å². The molecular weight excluding hydrogens is 398 g/mol. The minimum absolute atomic E-state index is 0.0781. The lowest BCUT2D eigenvalue weighted by atomic mass is 10.2. The van der Waals surface area contributed by atoms with Gasteiger partial charge in [-0.3, -0.25) is 14.8 Å². The number of amides is 1. The zero-order chi connectivity index (χ0) is 21.1. The van der Waals surface area contributed by atoms with Crippen LogP contribution >= 0.6 is 11.3 Å². The SMILES string of the molecule is CCC(C)NC(=O)c1cc(-c2csc(-c3cnccn3)n2)n(Cc2ccco2)c1C. The van der Waals surface area contributed by atoms with Gasteiger partial charge in [-0.2, -0.15) is 0 Å². The molecule has 7 nitrogen and oxygen atoms in total. The Hall–Kier alpha value is -3.26. The fourth-order valence-electron chi connectivity index (χ4n) is 3.17. The van der Waals surface area contributed by atoms with Gasteiger partial charge < -0.3 is 14.3 Å². The number of nitrogens with one attached hydrogen (secondary N) is 1. The summed E-state index contributed by atoms with van der Waals surface area (Å²) in [6, 6.07) is 5.80. The molecule has 0 saturated heterocycles. The summed E-state index contributed by atoms with van der Waals surface area (Å²) < 4.78 is 7.62. The second kappa shape index (κ2) is 8.62. The van der Waals surface area contributed by atoms with Crippen LogP contribution in [0.4, 0.5) is 0 Å². The Balaban J connectivity index is 1.75. The van der Waals surface area contributed by atoms with Crippen LogP contribution in [-0.2, 0) is 6.54 Å². The maximum atomic E-state index is 12.9. The van der Waals surface area contributed by atoms with Crippen LogP contribution in [-0.4, -0.2) is 31.5 Å². The largest absolute Gasteiger partial charge is 0.467 e. The summed E-state index contributed by atoms with van der Waals surface area (Å²) in [6.07, 6.45) is 7.51. The number of thiazole rings is 1. The van der Waals surface area contributed by atoms with Gasteiger partial charge in [-0.15, -0.1) is 11.3 Å². The Morgan fingerprint density at radius 1 is 1.33 bits per heavy atom. The predicted molar refractivity (Wildman–Crippen MR) is 116 cm³/mol. The van der Waals surface area contributed by atoms with Crippen LogP contribution in [0.2, 0.25) is 0 Å². The molecule has 0 aromatic carbocycles. The summed E-state index contributed by atoms with van der Waals surface area (Å²) in [4.78, 5) is 26.1. The molecule has 4 aromatic heterocycles. The highest BCUT2D eigenvalue weighted by molar-refractivity contribution is 7.13. The Morgan fingerprint density at radius 2 is 2.20 bits per heavy atom. The Kier molecular flexibility index (Phi) is 5.76. The van der Waals surface area contributed by atoms with Crippen molar-refractivity contribution in [1.82, 2.24) is 24.8 Å². The lowest BCUT2D eigenvalue weighted by molar-refractivity contribution is 0.0938. The third-order valence-corrected chi connectivity index (χ3v) is 5.91. The zero-order valence-corrected chi connectivity index (χ0v) is 17.9. The highest BCUT2D eigenvalue weighted by Gasteiger charge is 2.22. The minimum Gasteiger partial charge on any atom is -0.467 e. The molecule has 8 heteroatoms. The summed E-state index contributed by atoms with van der Waals surface area (Å²) in [6.45, 7) is 6.52. The minimum atomic E-state index is -0.0781. The van der Waals surface area contributed by atoms with Gasteiger partial charge in [-0.1, -0.05) is 6.92 Å². The van der Waals surface area contributed by atoms with Crippen LogP contribution in [0.15, 0.2) is 52.9 Å². The molecule has 0 radical (unpaired) electrons. The van der Waals surface area contributed by atoms with Gasteiger partial charge in [-0.25, -0.2) is 4.98 Å². The van der Waals surface area contributed by atoms with E-state index in [1.54, 1.807) is 24.9 Å². The molecule has 1 unspecified atom stereocenters. The number of nitrogens with zero attached hydrogens (tertiary/aromatic N) is 4. The fraction of sp³-hybridized carbons (Fsp3) is 0.273. The highest BCUT2D eigenvalue weighted by atomic mass is 32.1. The lowest BCUT2D eigenvalue weighted by Crippen LogP contribution is -2.32. The normalized spacial score (nSPS) is 12.1. The molecule has 4 aromatic rings. The number of carbonyl (C=O) groups excluding carboxylic acids is 1. The van der Waals surface area contributed by atoms with Crippen molar-refractivity contribution in [2.24, 2.45) is 0 Å². The molecule has 0 bridgehead atoms. The first kappa shape index (κ1) is 20.0. The van der Waals surface area contributed by atoms with Crippen molar-refractivity contribution in [3.63, 3.8) is 0 Å². The van der Waals surface area contributed by atoms with Crippen molar-refractivity contribution in [1.29, 1.82) is 0 Å². The van der Waals surface area contributed by atoms with E-state index in [0.29, 0.717) is 12.1 Å². The van der Waals surface area contributed by atoms with Crippen LogP contribution in [0.5, 0.6) is 0 Å². The zero-order valence-electron chi connectivity index (χ0n) is 17.1. The van der Waals surface area contributed by atoms with Gasteiger partial charge in [0, 0.05) is 29.5 Å². The van der Waals surface area contributed by atoms with Gasteiger partial charge >= 0.3 is 0 Å². The van der Waals surface area contributed by atoms with Gasteiger partial charge in [-0.05, 0) is 38.5 Å². The van der Waals surface area contributed by atoms with E-state index in [-0.39, 0.29) is 11.9 Å². The average molecular weight is 422 g/mol. The number of hydrogen-bond acceptors (Lipinski definition) is 6. The molecule has 4 rings (SSSR count). The van der Waals surface area contributed by atoms with Gasteiger partial charge in [0.15, 0.2) is 0 Å². The quantitative estimate of drug-likeness (QED) is 0.473. The predicted octanol–water partition coefficient (Wildman–Crippen LogP) is 4.55. The van der Waals surface area contributed by atoms with Crippen molar-refractivity contribution < 1.29 is 9.21 Å². The van der Waals surface area contributed by atoms with E-state index in [2.05, 4.69) is 26.8 Å². The lowest BCUT2D eigenvalue weighted by Gasteiger charge is -2.12. The fourth-order valence-corrected chi connectivity index (χ4v) is 3.95. The van der Waals surface area contributed by atoms with Crippen molar-refractivity contribution >= 4 is 17.2 Å². The molecule has 1 atom stereocenters. The number of hydrogen-bond donors (Lipinski definition) is 1. The Morgan fingerprint density at radius 3 is 2.90 bits per heavy atom.